The van der Waals surface area contributed by atoms with Crippen molar-refractivity contribution in [3.63, 3.8) is 0 Å². The molecular weight excluding hydrogens is 502 g/mol. The van der Waals surface area contributed by atoms with Gasteiger partial charge in [0.2, 0.25) is 0 Å². The minimum Gasteiger partial charge on any atom is -0.454 e. The summed E-state index contributed by atoms with van der Waals surface area (Å²) in [6, 6.07) is 48.7. The van der Waals surface area contributed by atoms with E-state index in [1.54, 1.807) is 0 Å². The molecule has 0 aliphatic rings. The molecule has 0 saturated heterocycles. The second-order valence-corrected chi connectivity index (χ2v) is 10.5. The number of furan rings is 2. The molecule has 2 aromatic heterocycles. The lowest BCUT2D eigenvalue weighted by molar-refractivity contribution is 0.666. The molecule has 41 heavy (non-hydrogen) atoms. The zero-order valence-electron chi connectivity index (χ0n) is 22.0. The van der Waals surface area contributed by atoms with Crippen LogP contribution in [0.15, 0.2) is 148 Å². The molecule has 0 radical (unpaired) electrons. The Morgan fingerprint density at radius 3 is 1.32 bits per heavy atom. The smallest absolute Gasteiger partial charge is 0.160 e. The predicted octanol–water partition coefficient (Wildman–Crippen LogP) is 11.3. The van der Waals surface area contributed by atoms with Gasteiger partial charge in [-0.1, -0.05) is 103 Å². The lowest BCUT2D eigenvalue weighted by atomic mass is 9.99. The highest BCUT2D eigenvalue weighted by atomic mass is 16.3. The van der Waals surface area contributed by atoms with Crippen molar-refractivity contribution in [2.24, 2.45) is 0 Å². The molecule has 7 aromatic carbocycles. The summed E-state index contributed by atoms with van der Waals surface area (Å²) in [7, 11) is 0. The van der Waals surface area contributed by atoms with Gasteiger partial charge >= 0.3 is 0 Å². The summed E-state index contributed by atoms with van der Waals surface area (Å²) < 4.78 is 13.4. The van der Waals surface area contributed by atoms with Gasteiger partial charge in [-0.2, -0.15) is 0 Å². The van der Waals surface area contributed by atoms with Crippen LogP contribution in [0.3, 0.4) is 0 Å². The van der Waals surface area contributed by atoms with Crippen molar-refractivity contribution < 1.29 is 8.83 Å². The molecule has 0 saturated carbocycles. The van der Waals surface area contributed by atoms with Crippen LogP contribution >= 0.6 is 0 Å². The van der Waals surface area contributed by atoms with E-state index in [-0.39, 0.29) is 0 Å². The van der Waals surface area contributed by atoms with Crippen LogP contribution in [-0.4, -0.2) is 0 Å². The molecule has 0 atom stereocenters. The summed E-state index contributed by atoms with van der Waals surface area (Å²) in [5.41, 5.74) is 6.43. The first-order valence-corrected chi connectivity index (χ1v) is 13.9. The van der Waals surface area contributed by atoms with Gasteiger partial charge in [-0.25, -0.2) is 0 Å². The van der Waals surface area contributed by atoms with Gasteiger partial charge in [0.1, 0.15) is 11.2 Å². The summed E-state index contributed by atoms with van der Waals surface area (Å²) in [6.07, 6.45) is 0. The Hall–Kier alpha value is -5.54. The van der Waals surface area contributed by atoms with Crippen LogP contribution < -0.4 is 4.90 Å². The SMILES string of the molecule is c1ccc(N(c2cc3ccccc3c3c2oc2ccccc23)c2cc3ccccc3c3c2oc2ccccc23)cc1. The van der Waals surface area contributed by atoms with Gasteiger partial charge in [0, 0.05) is 27.2 Å². The molecule has 9 aromatic rings. The monoisotopic (exact) mass is 525 g/mol. The first-order chi connectivity index (χ1) is 20.3. The quantitative estimate of drug-likeness (QED) is 0.230. The third kappa shape index (κ3) is 3.20. The van der Waals surface area contributed by atoms with Crippen molar-refractivity contribution in [2.75, 3.05) is 4.90 Å². The minimum absolute atomic E-state index is 0.853. The van der Waals surface area contributed by atoms with Crippen LogP contribution in [0.4, 0.5) is 17.1 Å². The van der Waals surface area contributed by atoms with Crippen molar-refractivity contribution in [3.05, 3.63) is 140 Å². The fraction of sp³-hybridized carbons (Fsp3) is 0. The zero-order valence-corrected chi connectivity index (χ0v) is 22.0. The predicted molar refractivity (Wildman–Crippen MR) is 171 cm³/mol. The van der Waals surface area contributed by atoms with E-state index < -0.39 is 0 Å². The highest BCUT2D eigenvalue weighted by molar-refractivity contribution is 6.26. The summed E-state index contributed by atoms with van der Waals surface area (Å²) in [4.78, 5) is 2.30. The number of para-hydroxylation sites is 3. The van der Waals surface area contributed by atoms with E-state index in [1.807, 2.05) is 24.3 Å². The second kappa shape index (κ2) is 8.48. The molecule has 0 aliphatic heterocycles. The third-order valence-corrected chi connectivity index (χ3v) is 8.20. The molecule has 0 fully saturated rings. The van der Waals surface area contributed by atoms with Gasteiger partial charge in [-0.15, -0.1) is 0 Å². The molecule has 0 N–H and O–H groups in total. The number of hydrogen-bond donors (Lipinski definition) is 0. The summed E-state index contributed by atoms with van der Waals surface area (Å²) in [5, 5.41) is 9.14. The van der Waals surface area contributed by atoms with E-state index in [4.69, 9.17) is 8.83 Å². The third-order valence-electron chi connectivity index (χ3n) is 8.20. The van der Waals surface area contributed by atoms with Crippen LogP contribution in [0.1, 0.15) is 0 Å². The first kappa shape index (κ1) is 22.3. The van der Waals surface area contributed by atoms with Gasteiger partial charge in [-0.3, -0.25) is 0 Å². The van der Waals surface area contributed by atoms with Gasteiger partial charge < -0.3 is 13.7 Å². The summed E-state index contributed by atoms with van der Waals surface area (Å²) in [5.74, 6) is 0. The van der Waals surface area contributed by atoms with Gasteiger partial charge in [0.15, 0.2) is 11.2 Å². The molecule has 192 valence electrons. The molecule has 0 bridgehead atoms. The zero-order chi connectivity index (χ0) is 26.9. The van der Waals surface area contributed by atoms with Crippen molar-refractivity contribution in [1.82, 2.24) is 0 Å². The van der Waals surface area contributed by atoms with Gasteiger partial charge in [0.05, 0.1) is 11.4 Å². The van der Waals surface area contributed by atoms with Crippen LogP contribution in [-0.2, 0) is 0 Å². The Morgan fingerprint density at radius 1 is 0.390 bits per heavy atom. The van der Waals surface area contributed by atoms with Crippen LogP contribution in [0, 0.1) is 0 Å². The normalized spacial score (nSPS) is 11.9. The fourth-order valence-electron chi connectivity index (χ4n) is 6.43. The largest absolute Gasteiger partial charge is 0.454 e. The van der Waals surface area contributed by atoms with Crippen molar-refractivity contribution >= 4 is 82.5 Å². The number of anilines is 3. The molecule has 9 rings (SSSR count). The average Bonchev–Trinajstić information content (AvgIpc) is 3.62. The Morgan fingerprint density at radius 2 is 0.805 bits per heavy atom. The number of benzene rings is 7. The molecule has 0 amide bonds. The standard InChI is InChI=1S/C38H23NO2/c1-2-14-26(15-3-1)39(31-22-24-12-4-6-16-27(24)35-29-18-8-10-20-33(29)40-37(31)35)32-23-25-13-5-7-17-28(25)36-30-19-9-11-21-34(30)41-38(32)36/h1-23H. The van der Waals surface area contributed by atoms with Crippen molar-refractivity contribution in [1.29, 1.82) is 0 Å². The molecule has 0 aliphatic carbocycles. The molecular formula is C38H23NO2. The maximum atomic E-state index is 6.70. The molecule has 0 spiro atoms. The van der Waals surface area contributed by atoms with E-state index in [0.717, 1.165) is 71.7 Å². The maximum absolute atomic E-state index is 6.70. The van der Waals surface area contributed by atoms with E-state index in [2.05, 4.69) is 120 Å². The number of fused-ring (bicyclic) bond motifs is 10. The maximum Gasteiger partial charge on any atom is 0.160 e. The molecule has 2 heterocycles. The number of nitrogens with zero attached hydrogens (tertiary/aromatic N) is 1. The van der Waals surface area contributed by atoms with Crippen molar-refractivity contribution in [3.8, 4) is 0 Å². The topological polar surface area (TPSA) is 29.5 Å². The van der Waals surface area contributed by atoms with E-state index in [0.29, 0.717) is 0 Å². The van der Waals surface area contributed by atoms with Crippen LogP contribution in [0.25, 0.3) is 65.4 Å². The molecule has 0 unspecified atom stereocenters. The van der Waals surface area contributed by atoms with E-state index in [9.17, 15) is 0 Å². The van der Waals surface area contributed by atoms with Gasteiger partial charge in [0.25, 0.3) is 0 Å². The number of rotatable bonds is 3. The minimum atomic E-state index is 0.853. The lowest BCUT2D eigenvalue weighted by Gasteiger charge is -2.26. The van der Waals surface area contributed by atoms with Crippen LogP contribution in [0.5, 0.6) is 0 Å². The highest BCUT2D eigenvalue weighted by Crippen LogP contribution is 2.49. The Bertz CT molecular complexity index is 2280. The number of hydrogen-bond acceptors (Lipinski definition) is 3. The summed E-state index contributed by atoms with van der Waals surface area (Å²) in [6.45, 7) is 0. The fourth-order valence-corrected chi connectivity index (χ4v) is 6.43. The molecule has 3 heteroatoms. The Balaban J connectivity index is 1.48. The van der Waals surface area contributed by atoms with E-state index in [1.165, 1.54) is 10.8 Å². The Labute approximate surface area is 235 Å². The summed E-state index contributed by atoms with van der Waals surface area (Å²) >= 11 is 0. The van der Waals surface area contributed by atoms with Crippen LogP contribution in [0.2, 0.25) is 0 Å². The average molecular weight is 526 g/mol. The highest BCUT2D eigenvalue weighted by Gasteiger charge is 2.25. The van der Waals surface area contributed by atoms with E-state index >= 15 is 0 Å². The van der Waals surface area contributed by atoms with Crippen molar-refractivity contribution in [2.45, 2.75) is 0 Å². The lowest BCUT2D eigenvalue weighted by Crippen LogP contribution is -2.10. The second-order valence-electron chi connectivity index (χ2n) is 10.5. The molecule has 3 nitrogen and oxygen atoms in total. The van der Waals surface area contributed by atoms with Gasteiger partial charge in [-0.05, 0) is 57.9 Å². The first-order valence-electron chi connectivity index (χ1n) is 13.9. The Kier molecular flexibility index (Phi) is 4.61.